The summed E-state index contributed by atoms with van der Waals surface area (Å²) >= 11 is 0. The van der Waals surface area contributed by atoms with Crippen molar-refractivity contribution in [3.63, 3.8) is 0 Å². The lowest BCUT2D eigenvalue weighted by atomic mass is 10.1. The molecule has 0 saturated carbocycles. The average Bonchev–Trinajstić information content (AvgIpc) is 2.68. The molecule has 2 atom stereocenters. The van der Waals surface area contributed by atoms with E-state index in [0.717, 1.165) is 35.1 Å². The van der Waals surface area contributed by atoms with Gasteiger partial charge in [-0.05, 0) is 61.4 Å². The fourth-order valence-electron chi connectivity index (χ4n) is 3.99. The summed E-state index contributed by atoms with van der Waals surface area (Å²) in [4.78, 5) is 2.57. The fraction of sp³-hybridized carbons (Fsp3) is 0.304. The Balaban J connectivity index is 1.63. The molecule has 6 heteroatoms. The first kappa shape index (κ1) is 19.7. The van der Waals surface area contributed by atoms with Crippen molar-refractivity contribution in [2.45, 2.75) is 37.8 Å². The predicted octanol–water partition coefficient (Wildman–Crippen LogP) is 4.14. The van der Waals surface area contributed by atoms with Crippen molar-refractivity contribution in [3.05, 3.63) is 66.2 Å². The Kier molecular flexibility index (Phi) is 5.23. The Hall–Kier alpha value is -2.57. The highest BCUT2D eigenvalue weighted by atomic mass is 32.2. The number of sulfonamides is 1. The van der Waals surface area contributed by atoms with Crippen molar-refractivity contribution in [2.75, 3.05) is 22.7 Å². The molecule has 0 bridgehead atoms. The van der Waals surface area contributed by atoms with E-state index in [2.05, 4.69) is 34.9 Å². The molecular formula is C23H27N3O2S. The van der Waals surface area contributed by atoms with E-state index in [-0.39, 0.29) is 4.90 Å². The van der Waals surface area contributed by atoms with Crippen LogP contribution in [0.5, 0.6) is 0 Å². The maximum atomic E-state index is 13.1. The molecule has 5 nitrogen and oxygen atoms in total. The van der Waals surface area contributed by atoms with Crippen molar-refractivity contribution >= 4 is 32.2 Å². The van der Waals surface area contributed by atoms with E-state index in [1.54, 1.807) is 12.1 Å². The maximum Gasteiger partial charge on any atom is 0.261 e. The van der Waals surface area contributed by atoms with Gasteiger partial charge >= 0.3 is 0 Å². The lowest BCUT2D eigenvalue weighted by Gasteiger charge is -2.38. The topological polar surface area (TPSA) is 61.4 Å². The van der Waals surface area contributed by atoms with Crippen molar-refractivity contribution < 1.29 is 8.42 Å². The molecule has 0 unspecified atom stereocenters. The van der Waals surface area contributed by atoms with Gasteiger partial charge in [-0.15, -0.1) is 0 Å². The third-order valence-corrected chi connectivity index (χ3v) is 6.78. The zero-order chi connectivity index (χ0) is 20.6. The monoisotopic (exact) mass is 409 g/mol. The van der Waals surface area contributed by atoms with Crippen LogP contribution in [0.2, 0.25) is 0 Å². The zero-order valence-corrected chi connectivity index (χ0v) is 17.8. The number of hydrogen-bond acceptors (Lipinski definition) is 4. The van der Waals surface area contributed by atoms with E-state index in [4.69, 9.17) is 0 Å². The predicted molar refractivity (Wildman–Crippen MR) is 120 cm³/mol. The van der Waals surface area contributed by atoms with E-state index in [9.17, 15) is 8.42 Å². The molecule has 3 aromatic carbocycles. The lowest BCUT2D eigenvalue weighted by Crippen LogP contribution is -2.54. The molecule has 3 aromatic rings. The van der Waals surface area contributed by atoms with Gasteiger partial charge in [0.05, 0.1) is 10.6 Å². The Morgan fingerprint density at radius 1 is 0.931 bits per heavy atom. The summed E-state index contributed by atoms with van der Waals surface area (Å²) in [7, 11) is -3.68. The Morgan fingerprint density at radius 2 is 1.62 bits per heavy atom. The van der Waals surface area contributed by atoms with Crippen LogP contribution in [0.15, 0.2) is 65.6 Å². The van der Waals surface area contributed by atoms with Crippen LogP contribution in [-0.4, -0.2) is 33.6 Å². The van der Waals surface area contributed by atoms with Gasteiger partial charge < -0.3 is 10.2 Å². The molecule has 152 valence electrons. The smallest absolute Gasteiger partial charge is 0.261 e. The zero-order valence-electron chi connectivity index (χ0n) is 17.0. The maximum absolute atomic E-state index is 13.1. The molecule has 0 aliphatic carbocycles. The fourth-order valence-corrected chi connectivity index (χ4v) is 5.15. The van der Waals surface area contributed by atoms with Crippen molar-refractivity contribution in [1.82, 2.24) is 5.32 Å². The molecule has 1 aliphatic rings. The highest BCUT2D eigenvalue weighted by molar-refractivity contribution is 7.92. The summed E-state index contributed by atoms with van der Waals surface area (Å²) in [6.45, 7) is 8.04. The SMILES string of the molecule is Cc1ccc(N2C[C@@H](C)N[C@@H](C)C2)cc1NS(=O)(=O)c1ccc2ccccc2c1. The van der Waals surface area contributed by atoms with Crippen LogP contribution in [-0.2, 0) is 10.0 Å². The van der Waals surface area contributed by atoms with E-state index >= 15 is 0 Å². The molecule has 1 fully saturated rings. The Morgan fingerprint density at radius 3 is 2.34 bits per heavy atom. The number of fused-ring (bicyclic) bond motifs is 1. The second-order valence-electron chi connectivity index (χ2n) is 7.99. The number of nitrogens with zero attached hydrogens (tertiary/aromatic N) is 1. The van der Waals surface area contributed by atoms with Crippen LogP contribution in [0.25, 0.3) is 10.8 Å². The molecular weight excluding hydrogens is 382 g/mol. The van der Waals surface area contributed by atoms with Crippen LogP contribution in [0.1, 0.15) is 19.4 Å². The molecule has 0 radical (unpaired) electrons. The second kappa shape index (κ2) is 7.69. The normalized spacial score (nSPS) is 20.0. The van der Waals surface area contributed by atoms with Crippen molar-refractivity contribution in [3.8, 4) is 0 Å². The second-order valence-corrected chi connectivity index (χ2v) is 9.67. The summed E-state index contributed by atoms with van der Waals surface area (Å²) in [6.07, 6.45) is 0. The number of benzene rings is 3. The highest BCUT2D eigenvalue weighted by Crippen LogP contribution is 2.28. The van der Waals surface area contributed by atoms with Crippen LogP contribution in [0, 0.1) is 6.92 Å². The van der Waals surface area contributed by atoms with Crippen molar-refractivity contribution in [2.24, 2.45) is 0 Å². The number of aryl methyl sites for hydroxylation is 1. The van der Waals surface area contributed by atoms with Gasteiger partial charge in [0.1, 0.15) is 0 Å². The van der Waals surface area contributed by atoms with Gasteiger partial charge in [0.2, 0.25) is 0 Å². The Labute approximate surface area is 172 Å². The van der Waals surface area contributed by atoms with Crippen LogP contribution < -0.4 is 14.9 Å². The molecule has 0 spiro atoms. The van der Waals surface area contributed by atoms with Gasteiger partial charge in [-0.25, -0.2) is 8.42 Å². The lowest BCUT2D eigenvalue weighted by molar-refractivity contribution is 0.407. The molecule has 29 heavy (non-hydrogen) atoms. The summed E-state index contributed by atoms with van der Waals surface area (Å²) in [6, 6.07) is 19.7. The molecule has 1 heterocycles. The number of piperazine rings is 1. The number of nitrogens with one attached hydrogen (secondary N) is 2. The minimum absolute atomic E-state index is 0.269. The van der Waals surface area contributed by atoms with Gasteiger partial charge in [0.25, 0.3) is 10.0 Å². The van der Waals surface area contributed by atoms with Gasteiger partial charge in [-0.1, -0.05) is 36.4 Å². The number of hydrogen-bond donors (Lipinski definition) is 2. The molecule has 1 saturated heterocycles. The molecule has 0 amide bonds. The summed E-state index contributed by atoms with van der Waals surface area (Å²) < 4.78 is 28.9. The van der Waals surface area contributed by atoms with Gasteiger partial charge in [0.15, 0.2) is 0 Å². The van der Waals surface area contributed by atoms with E-state index in [1.165, 1.54) is 0 Å². The van der Waals surface area contributed by atoms with E-state index in [0.29, 0.717) is 17.8 Å². The molecule has 0 aromatic heterocycles. The Bertz CT molecular complexity index is 1130. The first-order valence-corrected chi connectivity index (χ1v) is 11.4. The quantitative estimate of drug-likeness (QED) is 0.680. The van der Waals surface area contributed by atoms with Gasteiger partial charge in [0, 0.05) is 30.9 Å². The summed E-state index contributed by atoms with van der Waals surface area (Å²) in [5.74, 6) is 0. The minimum Gasteiger partial charge on any atom is -0.368 e. The summed E-state index contributed by atoms with van der Waals surface area (Å²) in [5, 5.41) is 5.45. The third-order valence-electron chi connectivity index (χ3n) is 5.42. The van der Waals surface area contributed by atoms with Crippen molar-refractivity contribution in [1.29, 1.82) is 0 Å². The van der Waals surface area contributed by atoms with Crippen LogP contribution >= 0.6 is 0 Å². The first-order valence-electron chi connectivity index (χ1n) is 9.95. The van der Waals surface area contributed by atoms with E-state index in [1.807, 2.05) is 49.4 Å². The molecule has 1 aliphatic heterocycles. The third kappa shape index (κ3) is 4.23. The number of anilines is 2. The average molecular weight is 410 g/mol. The van der Waals surface area contributed by atoms with Gasteiger partial charge in [-0.2, -0.15) is 0 Å². The number of rotatable bonds is 4. The molecule has 2 N–H and O–H groups in total. The van der Waals surface area contributed by atoms with Crippen LogP contribution in [0.4, 0.5) is 11.4 Å². The minimum atomic E-state index is -3.68. The van der Waals surface area contributed by atoms with Gasteiger partial charge in [-0.3, -0.25) is 4.72 Å². The standard InChI is InChI=1S/C23H27N3O2S/c1-16-8-10-21(26-14-17(2)24-18(3)15-26)13-23(16)25-29(27,28)22-11-9-19-6-4-5-7-20(19)12-22/h4-13,17-18,24-25H,14-15H2,1-3H3/t17-,18+. The largest absolute Gasteiger partial charge is 0.368 e. The molecule has 4 rings (SSSR count). The highest BCUT2D eigenvalue weighted by Gasteiger charge is 2.22. The first-order chi connectivity index (χ1) is 13.8. The summed E-state index contributed by atoms with van der Waals surface area (Å²) in [5.41, 5.74) is 2.55. The van der Waals surface area contributed by atoms with E-state index < -0.39 is 10.0 Å². The van der Waals surface area contributed by atoms with Crippen LogP contribution in [0.3, 0.4) is 0 Å².